The van der Waals surface area contributed by atoms with Crippen LogP contribution in [0.5, 0.6) is 0 Å². The van der Waals surface area contributed by atoms with Gasteiger partial charge in [-0.05, 0) is 26.7 Å². The second-order valence-corrected chi connectivity index (χ2v) is 5.63. The standard InChI is InChI=1S/C13H22O4/c1-9(2)11(15)13(8-10(14)16-5)7-6-12(3,4)17-13/h9H,6-8H2,1-5H3/t13-/m1/s1. The minimum Gasteiger partial charge on any atom is -0.469 e. The van der Waals surface area contributed by atoms with Crippen molar-refractivity contribution in [3.8, 4) is 0 Å². The molecule has 0 aromatic heterocycles. The summed E-state index contributed by atoms with van der Waals surface area (Å²) in [6.07, 6.45) is 1.39. The van der Waals surface area contributed by atoms with Crippen LogP contribution in [-0.4, -0.2) is 30.1 Å². The number of hydrogen-bond donors (Lipinski definition) is 0. The van der Waals surface area contributed by atoms with Gasteiger partial charge in [-0.1, -0.05) is 13.8 Å². The van der Waals surface area contributed by atoms with Gasteiger partial charge < -0.3 is 9.47 Å². The van der Waals surface area contributed by atoms with Crippen molar-refractivity contribution < 1.29 is 19.1 Å². The average Bonchev–Trinajstić information content (AvgIpc) is 2.54. The van der Waals surface area contributed by atoms with Gasteiger partial charge in [-0.15, -0.1) is 0 Å². The Hall–Kier alpha value is -0.900. The first-order valence-electron chi connectivity index (χ1n) is 6.04. The van der Waals surface area contributed by atoms with Crippen LogP contribution in [0.1, 0.15) is 47.0 Å². The summed E-state index contributed by atoms with van der Waals surface area (Å²) in [5, 5.41) is 0. The van der Waals surface area contributed by atoms with Gasteiger partial charge in [-0.2, -0.15) is 0 Å². The topological polar surface area (TPSA) is 52.6 Å². The Bertz CT molecular complexity index is 319. The minimum absolute atomic E-state index is 0.00604. The van der Waals surface area contributed by atoms with Gasteiger partial charge in [-0.3, -0.25) is 9.59 Å². The minimum atomic E-state index is -0.981. The van der Waals surface area contributed by atoms with Crippen LogP contribution in [0.25, 0.3) is 0 Å². The van der Waals surface area contributed by atoms with Gasteiger partial charge in [0.15, 0.2) is 5.78 Å². The molecule has 1 aliphatic heterocycles. The molecule has 0 radical (unpaired) electrons. The van der Waals surface area contributed by atoms with Crippen molar-refractivity contribution in [3.05, 3.63) is 0 Å². The zero-order valence-corrected chi connectivity index (χ0v) is 11.3. The number of methoxy groups -OCH3 is 1. The number of rotatable bonds is 4. The Balaban J connectivity index is 2.95. The van der Waals surface area contributed by atoms with Crippen LogP contribution >= 0.6 is 0 Å². The van der Waals surface area contributed by atoms with Crippen molar-refractivity contribution in [1.82, 2.24) is 0 Å². The van der Waals surface area contributed by atoms with Crippen molar-refractivity contribution in [1.29, 1.82) is 0 Å². The monoisotopic (exact) mass is 242 g/mol. The molecule has 0 unspecified atom stereocenters. The molecular formula is C13H22O4. The number of hydrogen-bond acceptors (Lipinski definition) is 4. The van der Waals surface area contributed by atoms with E-state index < -0.39 is 11.6 Å². The molecule has 0 aromatic carbocycles. The molecule has 98 valence electrons. The van der Waals surface area contributed by atoms with Crippen LogP contribution in [0, 0.1) is 5.92 Å². The molecule has 0 spiro atoms. The Labute approximate surface area is 103 Å². The average molecular weight is 242 g/mol. The normalized spacial score (nSPS) is 27.2. The van der Waals surface area contributed by atoms with E-state index in [0.29, 0.717) is 6.42 Å². The maximum absolute atomic E-state index is 12.3. The predicted octanol–water partition coefficient (Wildman–Crippen LogP) is 2.10. The Morgan fingerprint density at radius 3 is 2.24 bits per heavy atom. The summed E-state index contributed by atoms with van der Waals surface area (Å²) in [7, 11) is 1.33. The molecule has 0 N–H and O–H groups in total. The smallest absolute Gasteiger partial charge is 0.308 e. The van der Waals surface area contributed by atoms with Crippen molar-refractivity contribution in [2.75, 3.05) is 7.11 Å². The lowest BCUT2D eigenvalue weighted by molar-refractivity contribution is -0.165. The molecule has 1 heterocycles. The molecule has 0 amide bonds. The van der Waals surface area contributed by atoms with Crippen LogP contribution in [-0.2, 0) is 19.1 Å². The first kappa shape index (κ1) is 14.2. The summed E-state index contributed by atoms with van der Waals surface area (Å²) >= 11 is 0. The van der Waals surface area contributed by atoms with Crippen LogP contribution < -0.4 is 0 Å². The van der Waals surface area contributed by atoms with E-state index in [9.17, 15) is 9.59 Å². The SMILES string of the molecule is COC(=O)C[C@@]1(C(=O)C(C)C)CCC(C)(C)O1. The van der Waals surface area contributed by atoms with E-state index in [0.717, 1.165) is 6.42 Å². The molecule has 0 aromatic rings. The van der Waals surface area contributed by atoms with E-state index in [1.165, 1.54) is 7.11 Å². The third kappa shape index (κ3) is 3.06. The van der Waals surface area contributed by atoms with Crippen molar-refractivity contribution >= 4 is 11.8 Å². The zero-order chi connectivity index (χ0) is 13.3. The summed E-state index contributed by atoms with van der Waals surface area (Å²) < 4.78 is 10.5. The molecular weight excluding hydrogens is 220 g/mol. The molecule has 1 atom stereocenters. The fraction of sp³-hybridized carbons (Fsp3) is 0.846. The van der Waals surface area contributed by atoms with Crippen LogP contribution in [0.2, 0.25) is 0 Å². The molecule has 4 nitrogen and oxygen atoms in total. The largest absolute Gasteiger partial charge is 0.469 e. The Morgan fingerprint density at radius 1 is 1.29 bits per heavy atom. The molecule has 1 rings (SSSR count). The lowest BCUT2D eigenvalue weighted by Crippen LogP contribution is -2.45. The van der Waals surface area contributed by atoms with Gasteiger partial charge in [0.25, 0.3) is 0 Å². The summed E-state index contributed by atoms with van der Waals surface area (Å²) in [6.45, 7) is 7.55. The van der Waals surface area contributed by atoms with Crippen LogP contribution in [0.3, 0.4) is 0 Å². The quantitative estimate of drug-likeness (QED) is 0.708. The van der Waals surface area contributed by atoms with Crippen LogP contribution in [0.15, 0.2) is 0 Å². The molecule has 1 aliphatic rings. The highest BCUT2D eigenvalue weighted by molar-refractivity contribution is 5.93. The highest BCUT2D eigenvalue weighted by atomic mass is 16.5. The second-order valence-electron chi connectivity index (χ2n) is 5.63. The van der Waals surface area contributed by atoms with E-state index in [1.54, 1.807) is 0 Å². The number of carbonyl (C=O) groups excluding carboxylic acids is 2. The van der Waals surface area contributed by atoms with E-state index in [1.807, 2.05) is 27.7 Å². The first-order chi connectivity index (χ1) is 7.72. The summed E-state index contributed by atoms with van der Waals surface area (Å²) in [5.41, 5.74) is -1.33. The third-order valence-electron chi connectivity index (χ3n) is 3.23. The van der Waals surface area contributed by atoms with E-state index in [4.69, 9.17) is 4.74 Å². The second kappa shape index (κ2) is 4.77. The molecule has 1 fully saturated rings. The number of esters is 1. The van der Waals surface area contributed by atoms with Gasteiger partial charge >= 0.3 is 5.97 Å². The van der Waals surface area contributed by atoms with Gasteiger partial charge in [-0.25, -0.2) is 0 Å². The van der Waals surface area contributed by atoms with Gasteiger partial charge in [0.2, 0.25) is 0 Å². The third-order valence-corrected chi connectivity index (χ3v) is 3.23. The fourth-order valence-corrected chi connectivity index (χ4v) is 2.35. The van der Waals surface area contributed by atoms with Crippen LogP contribution in [0.4, 0.5) is 0 Å². The molecule has 1 saturated heterocycles. The van der Waals surface area contributed by atoms with E-state index in [2.05, 4.69) is 4.74 Å². The molecule has 17 heavy (non-hydrogen) atoms. The number of ketones is 1. The highest BCUT2D eigenvalue weighted by Crippen LogP contribution is 2.41. The lowest BCUT2D eigenvalue weighted by Gasteiger charge is -2.30. The molecule has 4 heteroatoms. The van der Waals surface area contributed by atoms with E-state index in [-0.39, 0.29) is 23.7 Å². The van der Waals surface area contributed by atoms with Gasteiger partial charge in [0.05, 0.1) is 19.1 Å². The number of ether oxygens (including phenoxy) is 2. The highest BCUT2D eigenvalue weighted by Gasteiger charge is 2.51. The maximum atomic E-state index is 12.3. The molecule has 0 bridgehead atoms. The fourth-order valence-electron chi connectivity index (χ4n) is 2.35. The summed E-state index contributed by atoms with van der Waals surface area (Å²) in [4.78, 5) is 23.7. The van der Waals surface area contributed by atoms with Crippen molar-refractivity contribution in [2.45, 2.75) is 58.2 Å². The first-order valence-corrected chi connectivity index (χ1v) is 6.04. The molecule has 0 saturated carbocycles. The zero-order valence-electron chi connectivity index (χ0n) is 11.3. The Kier molecular flexibility index (Phi) is 3.97. The predicted molar refractivity (Wildman–Crippen MR) is 63.6 cm³/mol. The summed E-state index contributed by atoms with van der Waals surface area (Å²) in [6, 6.07) is 0. The van der Waals surface area contributed by atoms with E-state index >= 15 is 0 Å². The van der Waals surface area contributed by atoms with Crippen molar-refractivity contribution in [2.24, 2.45) is 5.92 Å². The van der Waals surface area contributed by atoms with Gasteiger partial charge in [0, 0.05) is 5.92 Å². The Morgan fingerprint density at radius 2 is 1.88 bits per heavy atom. The van der Waals surface area contributed by atoms with Crippen molar-refractivity contribution in [3.63, 3.8) is 0 Å². The number of Topliss-reactive ketones (excluding diaryl/α,β-unsaturated/α-hetero) is 1. The van der Waals surface area contributed by atoms with Gasteiger partial charge in [0.1, 0.15) is 5.60 Å². The molecule has 0 aliphatic carbocycles. The number of carbonyl (C=O) groups is 2. The summed E-state index contributed by atoms with van der Waals surface area (Å²) in [5.74, 6) is -0.543. The lowest BCUT2D eigenvalue weighted by atomic mass is 9.85. The maximum Gasteiger partial charge on any atom is 0.308 e.